The molecule has 1 nitrogen and oxygen atoms in total. The van der Waals surface area contributed by atoms with Gasteiger partial charge in [0.15, 0.2) is 0 Å². The zero-order valence-electron chi connectivity index (χ0n) is 28.6. The lowest BCUT2D eigenvalue weighted by atomic mass is 9.81. The molecule has 1 heterocycles. The first-order valence-corrected chi connectivity index (χ1v) is 18.5. The maximum Gasteiger partial charge on any atom is 0.0640 e. The summed E-state index contributed by atoms with van der Waals surface area (Å²) < 4.78 is 2.60. The number of benzene rings is 8. The van der Waals surface area contributed by atoms with Crippen LogP contribution in [0.25, 0.3) is 64.3 Å². The van der Waals surface area contributed by atoms with Gasteiger partial charge in [0.25, 0.3) is 0 Å². The molecule has 0 N–H and O–H groups in total. The van der Waals surface area contributed by atoms with Gasteiger partial charge in [0.05, 0.1) is 10.4 Å². The third kappa shape index (κ3) is 4.75. The minimum atomic E-state index is -0.0310. The number of hydrogen-bond acceptors (Lipinski definition) is 2. The summed E-state index contributed by atoms with van der Waals surface area (Å²) in [4.78, 5) is 2.44. The van der Waals surface area contributed by atoms with Crippen LogP contribution in [0.5, 0.6) is 0 Å². The van der Waals surface area contributed by atoms with Gasteiger partial charge >= 0.3 is 0 Å². The smallest absolute Gasteiger partial charge is 0.0640 e. The van der Waals surface area contributed by atoms with E-state index in [1.165, 1.54) is 81.1 Å². The molecule has 0 atom stereocenters. The van der Waals surface area contributed by atoms with E-state index in [2.05, 4.69) is 195 Å². The summed E-state index contributed by atoms with van der Waals surface area (Å²) in [7, 11) is 0. The summed E-state index contributed by atoms with van der Waals surface area (Å²) >= 11 is 1.87. The Balaban J connectivity index is 1.12. The summed E-state index contributed by atoms with van der Waals surface area (Å²) in [6.45, 7) is 4.70. The molecule has 8 aromatic carbocycles. The van der Waals surface area contributed by atoms with Crippen molar-refractivity contribution in [3.8, 4) is 33.4 Å². The first kappa shape index (κ1) is 29.9. The molecule has 1 aliphatic carbocycles. The molecule has 51 heavy (non-hydrogen) atoms. The maximum atomic E-state index is 2.44. The maximum absolute atomic E-state index is 2.44. The average Bonchev–Trinajstić information content (AvgIpc) is 3.68. The van der Waals surface area contributed by atoms with E-state index in [1.807, 2.05) is 11.3 Å². The van der Waals surface area contributed by atoms with E-state index >= 15 is 0 Å². The Kier molecular flexibility index (Phi) is 6.78. The molecule has 1 aliphatic rings. The summed E-state index contributed by atoms with van der Waals surface area (Å²) in [5.74, 6) is 0. The normalized spacial score (nSPS) is 13.1. The van der Waals surface area contributed by atoms with Gasteiger partial charge in [-0.25, -0.2) is 0 Å². The van der Waals surface area contributed by atoms with Crippen LogP contribution in [-0.4, -0.2) is 0 Å². The van der Waals surface area contributed by atoms with E-state index in [4.69, 9.17) is 0 Å². The van der Waals surface area contributed by atoms with E-state index in [0.717, 1.165) is 11.4 Å². The van der Waals surface area contributed by atoms with Gasteiger partial charge in [0, 0.05) is 32.3 Å². The third-order valence-corrected chi connectivity index (χ3v) is 12.1. The van der Waals surface area contributed by atoms with Gasteiger partial charge in [-0.3, -0.25) is 0 Å². The molecule has 1 aromatic heterocycles. The summed E-state index contributed by atoms with van der Waals surface area (Å²) in [6.07, 6.45) is 0. The quantitative estimate of drug-likeness (QED) is 0.176. The summed E-state index contributed by atoms with van der Waals surface area (Å²) in [5.41, 5.74) is 13.9. The molecule has 0 amide bonds. The molecule has 2 heteroatoms. The zero-order chi connectivity index (χ0) is 34.1. The van der Waals surface area contributed by atoms with Crippen molar-refractivity contribution in [1.29, 1.82) is 0 Å². The summed E-state index contributed by atoms with van der Waals surface area (Å²) in [5, 5.41) is 5.12. The number of hydrogen-bond donors (Lipinski definition) is 0. The molecular weight excluding hydrogens is 635 g/mol. The van der Waals surface area contributed by atoms with E-state index in [9.17, 15) is 0 Å². The molecule has 0 unspecified atom stereocenters. The third-order valence-electron chi connectivity index (χ3n) is 10.9. The van der Waals surface area contributed by atoms with Crippen molar-refractivity contribution in [1.82, 2.24) is 0 Å². The lowest BCUT2D eigenvalue weighted by Gasteiger charge is -2.27. The minimum absolute atomic E-state index is 0.0310. The predicted octanol–water partition coefficient (Wildman–Crippen LogP) is 14.3. The van der Waals surface area contributed by atoms with Gasteiger partial charge in [-0.2, -0.15) is 0 Å². The Hall–Kier alpha value is -5.96. The van der Waals surface area contributed by atoms with Crippen LogP contribution < -0.4 is 4.90 Å². The van der Waals surface area contributed by atoms with Crippen molar-refractivity contribution >= 4 is 59.3 Å². The van der Waals surface area contributed by atoms with E-state index in [0.29, 0.717) is 0 Å². The van der Waals surface area contributed by atoms with Crippen LogP contribution in [0.4, 0.5) is 17.1 Å². The second kappa shape index (κ2) is 11.6. The fourth-order valence-electron chi connectivity index (χ4n) is 8.31. The van der Waals surface area contributed by atoms with Crippen LogP contribution in [0.15, 0.2) is 176 Å². The Morgan fingerprint density at radius 1 is 0.431 bits per heavy atom. The molecule has 0 saturated carbocycles. The van der Waals surface area contributed by atoms with Crippen LogP contribution in [0.1, 0.15) is 25.0 Å². The molecule has 9 aromatic rings. The highest BCUT2D eigenvalue weighted by molar-refractivity contribution is 7.26. The molecule has 0 fully saturated rings. The minimum Gasteiger partial charge on any atom is -0.309 e. The highest BCUT2D eigenvalue weighted by Crippen LogP contribution is 2.50. The van der Waals surface area contributed by atoms with Gasteiger partial charge < -0.3 is 4.90 Å². The number of thiophene rings is 1. The Morgan fingerprint density at radius 3 is 2.00 bits per heavy atom. The lowest BCUT2D eigenvalue weighted by Crippen LogP contribution is -2.14. The second-order valence-corrected chi connectivity index (χ2v) is 15.2. The molecular formula is C49H35NS. The fraction of sp³-hybridized carbons (Fsp3) is 0.0612. The molecule has 0 spiro atoms. The molecule has 242 valence electrons. The fourth-order valence-corrected chi connectivity index (χ4v) is 9.52. The van der Waals surface area contributed by atoms with E-state index in [1.54, 1.807) is 0 Å². The molecule has 0 aliphatic heterocycles. The Labute approximate surface area is 302 Å². The number of nitrogens with zero attached hydrogens (tertiary/aromatic N) is 1. The first-order chi connectivity index (χ1) is 25.0. The van der Waals surface area contributed by atoms with Crippen molar-refractivity contribution in [3.05, 3.63) is 187 Å². The molecule has 0 saturated heterocycles. The van der Waals surface area contributed by atoms with Crippen molar-refractivity contribution in [2.24, 2.45) is 0 Å². The van der Waals surface area contributed by atoms with Gasteiger partial charge in [-0.1, -0.05) is 147 Å². The summed E-state index contributed by atoms with van der Waals surface area (Å²) in [6, 6.07) is 64.8. The van der Waals surface area contributed by atoms with Crippen LogP contribution in [0.3, 0.4) is 0 Å². The van der Waals surface area contributed by atoms with Gasteiger partial charge in [-0.15, -0.1) is 11.3 Å². The topological polar surface area (TPSA) is 3.24 Å². The van der Waals surface area contributed by atoms with Gasteiger partial charge in [0.2, 0.25) is 0 Å². The molecule has 0 radical (unpaired) electrons. The van der Waals surface area contributed by atoms with Crippen LogP contribution in [0.2, 0.25) is 0 Å². The van der Waals surface area contributed by atoms with E-state index in [-0.39, 0.29) is 5.41 Å². The number of fused-ring (bicyclic) bond motifs is 7. The zero-order valence-corrected chi connectivity index (χ0v) is 29.4. The average molecular weight is 670 g/mol. The van der Waals surface area contributed by atoms with Crippen molar-refractivity contribution in [2.45, 2.75) is 19.3 Å². The first-order valence-electron chi connectivity index (χ1n) is 17.7. The van der Waals surface area contributed by atoms with Crippen molar-refractivity contribution < 1.29 is 0 Å². The largest absolute Gasteiger partial charge is 0.309 e. The van der Waals surface area contributed by atoms with Crippen LogP contribution in [-0.2, 0) is 5.41 Å². The molecule has 0 bridgehead atoms. The monoisotopic (exact) mass is 669 g/mol. The van der Waals surface area contributed by atoms with Gasteiger partial charge in [-0.05, 0) is 97.7 Å². The van der Waals surface area contributed by atoms with Crippen molar-refractivity contribution in [3.63, 3.8) is 0 Å². The standard InChI is InChI=1S/C49H35NS/c1-49(2)44-21-7-5-17-40(44)41-29-26-34(31-45(41)49)32-24-27-36(28-25-32)50(46-22-11-20-43-42-18-6-8-23-47(42)51-48(43)46)37-15-9-14-35(30-37)39-19-10-13-33-12-3-4-16-38(33)39/h3-31H,1-2H3. The highest BCUT2D eigenvalue weighted by atomic mass is 32.1. The lowest BCUT2D eigenvalue weighted by molar-refractivity contribution is 0.660. The second-order valence-electron chi connectivity index (χ2n) is 14.1. The van der Waals surface area contributed by atoms with Crippen LogP contribution >= 0.6 is 11.3 Å². The number of anilines is 3. The van der Waals surface area contributed by atoms with Crippen molar-refractivity contribution in [2.75, 3.05) is 4.90 Å². The van der Waals surface area contributed by atoms with Gasteiger partial charge in [0.1, 0.15) is 0 Å². The SMILES string of the molecule is CC1(C)c2ccccc2-c2ccc(-c3ccc(N(c4cccc(-c5cccc6ccccc56)c4)c4cccc5c4sc4ccccc45)cc3)cc21. The predicted molar refractivity (Wildman–Crippen MR) is 220 cm³/mol. The molecule has 10 rings (SSSR count). The van der Waals surface area contributed by atoms with E-state index < -0.39 is 0 Å². The number of rotatable bonds is 5. The van der Waals surface area contributed by atoms with Crippen LogP contribution in [0, 0.1) is 0 Å². The Bertz CT molecular complexity index is 2780. The highest BCUT2D eigenvalue weighted by Gasteiger charge is 2.35. The Morgan fingerprint density at radius 2 is 1.10 bits per heavy atom.